The second-order valence-corrected chi connectivity index (χ2v) is 3.71. The highest BCUT2D eigenvalue weighted by Gasteiger charge is 2.22. The van der Waals surface area contributed by atoms with Crippen molar-refractivity contribution in [3.63, 3.8) is 0 Å². The number of morpholine rings is 1. The first-order valence-electron chi connectivity index (χ1n) is 4.65. The Hall–Kier alpha value is -1.31. The van der Waals surface area contributed by atoms with Crippen LogP contribution < -0.4 is 4.90 Å². The van der Waals surface area contributed by atoms with Crippen molar-refractivity contribution in [3.8, 4) is 6.07 Å². The molecule has 2 rings (SSSR count). The molecule has 0 saturated carbocycles. The topological polar surface area (TPSA) is 49.2 Å². The van der Waals surface area contributed by atoms with E-state index in [-0.39, 0.29) is 5.50 Å². The van der Waals surface area contributed by atoms with Gasteiger partial charge in [0, 0.05) is 12.7 Å². The quantitative estimate of drug-likeness (QED) is 0.533. The molecule has 1 saturated heterocycles. The molecule has 1 aliphatic rings. The summed E-state index contributed by atoms with van der Waals surface area (Å²) in [5.74, 6) is 0. The summed E-state index contributed by atoms with van der Waals surface area (Å²) < 4.78 is 5.23. The molecular formula is C10H10ClN3O. The van der Waals surface area contributed by atoms with Crippen molar-refractivity contribution in [3.05, 3.63) is 24.0 Å². The molecule has 0 spiro atoms. The molecule has 0 radical (unpaired) electrons. The van der Waals surface area contributed by atoms with Crippen LogP contribution in [0.5, 0.6) is 0 Å². The molecule has 0 aliphatic carbocycles. The zero-order valence-corrected chi connectivity index (χ0v) is 8.81. The second kappa shape index (κ2) is 4.47. The van der Waals surface area contributed by atoms with Gasteiger partial charge in [-0.15, -0.1) is 0 Å². The molecule has 1 unspecified atom stereocenters. The molecular weight excluding hydrogens is 214 g/mol. The summed E-state index contributed by atoms with van der Waals surface area (Å²) in [4.78, 5) is 5.95. The number of pyridine rings is 1. The average Bonchev–Trinajstić information content (AvgIpc) is 2.30. The summed E-state index contributed by atoms with van der Waals surface area (Å²) >= 11 is 6.11. The molecule has 1 fully saturated rings. The Morgan fingerprint density at radius 1 is 1.67 bits per heavy atom. The maximum Gasteiger partial charge on any atom is 0.128 e. The molecule has 0 aromatic carbocycles. The van der Waals surface area contributed by atoms with Gasteiger partial charge >= 0.3 is 0 Å². The van der Waals surface area contributed by atoms with Crippen molar-refractivity contribution in [1.29, 1.82) is 5.26 Å². The molecule has 0 bridgehead atoms. The normalized spacial score (nSPS) is 21.1. The number of nitrogens with zero attached hydrogens (tertiary/aromatic N) is 3. The molecule has 78 valence electrons. The van der Waals surface area contributed by atoms with E-state index in [0.29, 0.717) is 25.3 Å². The molecule has 1 aliphatic heterocycles. The summed E-state index contributed by atoms with van der Waals surface area (Å²) in [6.07, 6.45) is 3.27. The molecule has 0 N–H and O–H groups in total. The minimum Gasteiger partial charge on any atom is -0.376 e. The van der Waals surface area contributed by atoms with Crippen LogP contribution in [0, 0.1) is 11.3 Å². The first-order valence-corrected chi connectivity index (χ1v) is 5.09. The van der Waals surface area contributed by atoms with Gasteiger partial charge in [0.15, 0.2) is 0 Å². The zero-order valence-electron chi connectivity index (χ0n) is 8.06. The van der Waals surface area contributed by atoms with Crippen molar-refractivity contribution < 1.29 is 4.74 Å². The lowest BCUT2D eigenvalue weighted by molar-refractivity contribution is 0.113. The largest absolute Gasteiger partial charge is 0.376 e. The van der Waals surface area contributed by atoms with Gasteiger partial charge in [0.05, 0.1) is 30.7 Å². The van der Waals surface area contributed by atoms with Gasteiger partial charge in [-0.25, -0.2) is 0 Å². The lowest BCUT2D eigenvalue weighted by Gasteiger charge is -2.33. The van der Waals surface area contributed by atoms with E-state index in [4.69, 9.17) is 21.6 Å². The molecule has 1 aromatic rings. The summed E-state index contributed by atoms with van der Waals surface area (Å²) in [6, 6.07) is 3.82. The monoisotopic (exact) mass is 223 g/mol. The molecule has 5 heteroatoms. The number of rotatable bonds is 1. The standard InChI is InChI=1S/C10H10ClN3O/c11-10-7-15-4-3-14(10)9-6-13-2-1-8(9)5-12/h1-2,6,10H,3-4,7H2. The van der Waals surface area contributed by atoms with Crippen LogP contribution in [0.3, 0.4) is 0 Å². The second-order valence-electron chi connectivity index (χ2n) is 3.21. The number of anilines is 1. The van der Waals surface area contributed by atoms with Crippen molar-refractivity contribution in [1.82, 2.24) is 4.98 Å². The molecule has 1 aromatic heterocycles. The van der Waals surface area contributed by atoms with Gasteiger partial charge in [0.2, 0.25) is 0 Å². The maximum atomic E-state index is 8.96. The molecule has 15 heavy (non-hydrogen) atoms. The molecule has 0 amide bonds. The maximum absolute atomic E-state index is 8.96. The molecule has 4 nitrogen and oxygen atoms in total. The van der Waals surface area contributed by atoms with Crippen LogP contribution in [0.4, 0.5) is 5.69 Å². The Morgan fingerprint density at radius 3 is 3.27 bits per heavy atom. The minimum atomic E-state index is -0.227. The number of nitriles is 1. The van der Waals surface area contributed by atoms with Gasteiger partial charge in [-0.05, 0) is 6.07 Å². The van der Waals surface area contributed by atoms with Crippen molar-refractivity contribution in [2.45, 2.75) is 5.50 Å². The summed E-state index contributed by atoms with van der Waals surface area (Å²) in [5, 5.41) is 8.96. The Labute approximate surface area is 93.0 Å². The Kier molecular flexibility index (Phi) is 3.05. The predicted octanol–water partition coefficient (Wildman–Crippen LogP) is 1.35. The van der Waals surface area contributed by atoms with E-state index in [1.807, 2.05) is 4.90 Å². The number of hydrogen-bond donors (Lipinski definition) is 0. The van der Waals surface area contributed by atoms with E-state index in [0.717, 1.165) is 5.69 Å². The third kappa shape index (κ3) is 2.04. The lowest BCUT2D eigenvalue weighted by atomic mass is 10.2. The average molecular weight is 224 g/mol. The number of halogens is 1. The third-order valence-electron chi connectivity index (χ3n) is 2.30. The van der Waals surface area contributed by atoms with E-state index in [9.17, 15) is 0 Å². The number of hydrogen-bond acceptors (Lipinski definition) is 4. The fourth-order valence-corrected chi connectivity index (χ4v) is 1.85. The molecule has 1 atom stereocenters. The highest BCUT2D eigenvalue weighted by Crippen LogP contribution is 2.24. The Balaban J connectivity index is 2.31. The SMILES string of the molecule is N#Cc1ccncc1N1CCOCC1Cl. The third-order valence-corrected chi connectivity index (χ3v) is 2.66. The van der Waals surface area contributed by atoms with Gasteiger partial charge in [-0.2, -0.15) is 5.26 Å². The minimum absolute atomic E-state index is 0.227. The van der Waals surface area contributed by atoms with Crippen LogP contribution in [-0.2, 0) is 4.74 Å². The van der Waals surface area contributed by atoms with Crippen molar-refractivity contribution in [2.24, 2.45) is 0 Å². The van der Waals surface area contributed by atoms with Gasteiger partial charge in [-0.3, -0.25) is 4.98 Å². The van der Waals surface area contributed by atoms with Gasteiger partial charge in [-0.1, -0.05) is 11.6 Å². The Bertz CT molecular complexity index is 390. The van der Waals surface area contributed by atoms with Gasteiger partial charge in [0.1, 0.15) is 11.6 Å². The van der Waals surface area contributed by atoms with Crippen LogP contribution in [0.1, 0.15) is 5.56 Å². The van der Waals surface area contributed by atoms with E-state index in [2.05, 4.69) is 11.1 Å². The van der Waals surface area contributed by atoms with Crippen molar-refractivity contribution in [2.75, 3.05) is 24.7 Å². The molecule has 2 heterocycles. The number of ether oxygens (including phenoxy) is 1. The fourth-order valence-electron chi connectivity index (χ4n) is 1.55. The van der Waals surface area contributed by atoms with E-state index >= 15 is 0 Å². The smallest absolute Gasteiger partial charge is 0.128 e. The highest BCUT2D eigenvalue weighted by molar-refractivity contribution is 6.22. The number of alkyl halides is 1. The lowest BCUT2D eigenvalue weighted by Crippen LogP contribution is -2.42. The van der Waals surface area contributed by atoms with Gasteiger partial charge in [0.25, 0.3) is 0 Å². The van der Waals surface area contributed by atoms with Crippen LogP contribution in [0.15, 0.2) is 18.5 Å². The van der Waals surface area contributed by atoms with Crippen molar-refractivity contribution >= 4 is 17.3 Å². The van der Waals surface area contributed by atoms with Gasteiger partial charge < -0.3 is 9.64 Å². The summed E-state index contributed by atoms with van der Waals surface area (Å²) in [7, 11) is 0. The first kappa shape index (κ1) is 10.2. The van der Waals surface area contributed by atoms with E-state index in [1.54, 1.807) is 18.5 Å². The predicted molar refractivity (Wildman–Crippen MR) is 56.8 cm³/mol. The highest BCUT2D eigenvalue weighted by atomic mass is 35.5. The fraction of sp³-hybridized carbons (Fsp3) is 0.400. The summed E-state index contributed by atoms with van der Waals surface area (Å²) in [5.41, 5.74) is 1.15. The summed E-state index contributed by atoms with van der Waals surface area (Å²) in [6.45, 7) is 1.79. The van der Waals surface area contributed by atoms with Crippen LogP contribution in [0.25, 0.3) is 0 Å². The van der Waals surface area contributed by atoms with E-state index in [1.165, 1.54) is 0 Å². The Morgan fingerprint density at radius 2 is 2.53 bits per heavy atom. The zero-order chi connectivity index (χ0) is 10.7. The first-order chi connectivity index (χ1) is 7.33. The van der Waals surface area contributed by atoms with E-state index < -0.39 is 0 Å². The number of aromatic nitrogens is 1. The van der Waals surface area contributed by atoms with Crippen LogP contribution in [-0.4, -0.2) is 30.2 Å². The van der Waals surface area contributed by atoms with Crippen LogP contribution in [0.2, 0.25) is 0 Å². The van der Waals surface area contributed by atoms with Crippen LogP contribution >= 0.6 is 11.6 Å².